The molecule has 3 aromatic rings. The summed E-state index contributed by atoms with van der Waals surface area (Å²) < 4.78 is 6.64. The van der Waals surface area contributed by atoms with Crippen LogP contribution in [0.4, 0.5) is 5.13 Å². The zero-order valence-electron chi connectivity index (χ0n) is 19.8. The number of benzene rings is 2. The monoisotopic (exact) mass is 483 g/mol. The lowest BCUT2D eigenvalue weighted by molar-refractivity contribution is -0.118. The molecule has 0 unspecified atom stereocenters. The van der Waals surface area contributed by atoms with Crippen LogP contribution in [0.3, 0.4) is 0 Å². The van der Waals surface area contributed by atoms with E-state index in [0.717, 1.165) is 55.7 Å². The average molecular weight is 484 g/mol. The molecule has 2 aromatic carbocycles. The van der Waals surface area contributed by atoms with Crippen LogP contribution in [0.2, 0.25) is 0 Å². The quantitative estimate of drug-likeness (QED) is 0.378. The van der Waals surface area contributed by atoms with Crippen molar-refractivity contribution in [2.24, 2.45) is 0 Å². The smallest absolute Gasteiger partial charge is 0.229 e. The van der Waals surface area contributed by atoms with Crippen LogP contribution in [0.25, 0.3) is 10.2 Å². The van der Waals surface area contributed by atoms with E-state index < -0.39 is 0 Å². The standard InChI is InChI=1S/C26H33N3O2S2/c1-19-5-7-22(8-6-19)32-16-9-24(30)29(11-4-10-28-12-14-31-15-13-28)26-27-23-18-20(2)17-21(3)25(23)33-26/h5-8,17-18H,4,9-16H2,1-3H3. The highest BCUT2D eigenvalue weighted by Crippen LogP contribution is 2.33. The van der Waals surface area contributed by atoms with Gasteiger partial charge in [0.15, 0.2) is 5.13 Å². The number of nitrogens with zero attached hydrogens (tertiary/aromatic N) is 3. The van der Waals surface area contributed by atoms with Crippen molar-refractivity contribution in [3.8, 4) is 0 Å². The molecular weight excluding hydrogens is 450 g/mol. The number of rotatable bonds is 9. The number of ether oxygens (including phenoxy) is 1. The number of hydrogen-bond acceptors (Lipinski definition) is 6. The molecule has 0 saturated carbocycles. The molecule has 0 spiro atoms. The van der Waals surface area contributed by atoms with Gasteiger partial charge in [0.1, 0.15) is 0 Å². The lowest BCUT2D eigenvalue weighted by Crippen LogP contribution is -2.39. The summed E-state index contributed by atoms with van der Waals surface area (Å²) in [5, 5.41) is 0.825. The molecule has 0 N–H and O–H groups in total. The van der Waals surface area contributed by atoms with Crippen molar-refractivity contribution in [3.05, 3.63) is 53.1 Å². The van der Waals surface area contributed by atoms with Gasteiger partial charge in [-0.25, -0.2) is 4.98 Å². The van der Waals surface area contributed by atoms with E-state index in [1.807, 2.05) is 4.90 Å². The fraction of sp³-hybridized carbons (Fsp3) is 0.462. The number of carbonyl (C=O) groups excluding carboxylic acids is 1. The number of fused-ring (bicyclic) bond motifs is 1. The summed E-state index contributed by atoms with van der Waals surface area (Å²) in [4.78, 5) is 23.8. The van der Waals surface area contributed by atoms with Crippen LogP contribution in [0.15, 0.2) is 41.3 Å². The summed E-state index contributed by atoms with van der Waals surface area (Å²) in [7, 11) is 0. The maximum absolute atomic E-state index is 13.3. The first kappa shape index (κ1) is 24.2. The minimum atomic E-state index is 0.157. The van der Waals surface area contributed by atoms with E-state index in [-0.39, 0.29) is 5.91 Å². The van der Waals surface area contributed by atoms with Gasteiger partial charge in [0.05, 0.1) is 23.4 Å². The first-order chi connectivity index (χ1) is 16.0. The summed E-state index contributed by atoms with van der Waals surface area (Å²) in [6.45, 7) is 11.5. The maximum Gasteiger partial charge on any atom is 0.229 e. The zero-order chi connectivity index (χ0) is 23.2. The van der Waals surface area contributed by atoms with E-state index >= 15 is 0 Å². The van der Waals surface area contributed by atoms with Gasteiger partial charge in [-0.3, -0.25) is 14.6 Å². The molecule has 176 valence electrons. The second-order valence-electron chi connectivity index (χ2n) is 8.69. The predicted octanol–water partition coefficient (Wildman–Crippen LogP) is 5.46. The third kappa shape index (κ3) is 6.57. The molecule has 1 amide bonds. The Labute approximate surface area is 205 Å². The van der Waals surface area contributed by atoms with Crippen molar-refractivity contribution in [1.29, 1.82) is 0 Å². The Morgan fingerprint density at radius 2 is 1.88 bits per heavy atom. The first-order valence-corrected chi connectivity index (χ1v) is 13.5. The molecule has 1 saturated heterocycles. The number of hydrogen-bond donors (Lipinski definition) is 0. The van der Waals surface area contributed by atoms with Crippen molar-refractivity contribution in [2.75, 3.05) is 50.0 Å². The van der Waals surface area contributed by atoms with Crippen molar-refractivity contribution in [2.45, 2.75) is 38.5 Å². The Kier molecular flexibility index (Phi) is 8.41. The van der Waals surface area contributed by atoms with Crippen LogP contribution >= 0.6 is 23.1 Å². The molecule has 1 aromatic heterocycles. The zero-order valence-corrected chi connectivity index (χ0v) is 21.4. The van der Waals surface area contributed by atoms with Crippen molar-refractivity contribution < 1.29 is 9.53 Å². The molecule has 0 radical (unpaired) electrons. The number of morpholine rings is 1. The Morgan fingerprint density at radius 1 is 1.12 bits per heavy atom. The summed E-state index contributed by atoms with van der Waals surface area (Å²) in [6.07, 6.45) is 1.44. The summed E-state index contributed by atoms with van der Waals surface area (Å²) in [5.74, 6) is 0.926. The molecule has 33 heavy (non-hydrogen) atoms. The number of thiazole rings is 1. The maximum atomic E-state index is 13.3. The molecule has 1 aliphatic heterocycles. The van der Waals surface area contributed by atoms with E-state index in [0.29, 0.717) is 13.0 Å². The van der Waals surface area contributed by atoms with E-state index in [1.54, 1.807) is 23.1 Å². The lowest BCUT2D eigenvalue weighted by atomic mass is 10.1. The van der Waals surface area contributed by atoms with Crippen LogP contribution < -0.4 is 4.90 Å². The largest absolute Gasteiger partial charge is 0.379 e. The lowest BCUT2D eigenvalue weighted by Gasteiger charge is -2.27. The molecule has 0 atom stereocenters. The van der Waals surface area contributed by atoms with Crippen molar-refractivity contribution in [3.63, 3.8) is 0 Å². The van der Waals surface area contributed by atoms with Gasteiger partial charge in [-0.05, 0) is 56.5 Å². The average Bonchev–Trinajstić information content (AvgIpc) is 3.22. The van der Waals surface area contributed by atoms with Gasteiger partial charge in [-0.15, -0.1) is 11.8 Å². The third-order valence-electron chi connectivity index (χ3n) is 5.91. The number of thioether (sulfide) groups is 1. The minimum Gasteiger partial charge on any atom is -0.379 e. The summed E-state index contributed by atoms with van der Waals surface area (Å²) >= 11 is 3.38. The molecular formula is C26H33N3O2S2. The number of amides is 1. The molecule has 1 aliphatic rings. The van der Waals surface area contributed by atoms with Gasteiger partial charge in [-0.2, -0.15) is 0 Å². The van der Waals surface area contributed by atoms with Gasteiger partial charge < -0.3 is 4.74 Å². The van der Waals surface area contributed by atoms with Crippen molar-refractivity contribution in [1.82, 2.24) is 9.88 Å². The molecule has 2 heterocycles. The molecule has 4 rings (SSSR count). The second kappa shape index (κ2) is 11.5. The van der Waals surface area contributed by atoms with E-state index in [1.165, 1.54) is 26.3 Å². The highest BCUT2D eigenvalue weighted by molar-refractivity contribution is 7.99. The summed E-state index contributed by atoms with van der Waals surface area (Å²) in [5.41, 5.74) is 4.68. The molecule has 7 heteroatoms. The first-order valence-electron chi connectivity index (χ1n) is 11.7. The molecule has 1 fully saturated rings. The Balaban J connectivity index is 1.44. The Bertz CT molecular complexity index is 1080. The molecule has 0 bridgehead atoms. The van der Waals surface area contributed by atoms with E-state index in [9.17, 15) is 4.79 Å². The highest BCUT2D eigenvalue weighted by Gasteiger charge is 2.21. The van der Waals surface area contributed by atoms with Gasteiger partial charge >= 0.3 is 0 Å². The van der Waals surface area contributed by atoms with E-state index in [2.05, 4.69) is 62.1 Å². The topological polar surface area (TPSA) is 45.7 Å². The van der Waals surface area contributed by atoms with Crippen LogP contribution in [-0.4, -0.2) is 60.9 Å². The number of carbonyl (C=O) groups is 1. The fourth-order valence-electron chi connectivity index (χ4n) is 4.11. The van der Waals surface area contributed by atoms with E-state index in [4.69, 9.17) is 9.72 Å². The number of anilines is 1. The van der Waals surface area contributed by atoms with Crippen LogP contribution in [0.5, 0.6) is 0 Å². The van der Waals surface area contributed by atoms with Gasteiger partial charge in [0.25, 0.3) is 0 Å². The molecule has 0 aliphatic carbocycles. The van der Waals surface area contributed by atoms with Gasteiger partial charge in [0, 0.05) is 43.2 Å². The van der Waals surface area contributed by atoms with Gasteiger partial charge in [0.2, 0.25) is 5.91 Å². The van der Waals surface area contributed by atoms with Crippen LogP contribution in [0, 0.1) is 20.8 Å². The Hall–Kier alpha value is -1.93. The third-order valence-corrected chi connectivity index (χ3v) is 8.15. The SMILES string of the molecule is Cc1ccc(SCCC(=O)N(CCCN2CCOCC2)c2nc3cc(C)cc(C)c3s2)cc1. The van der Waals surface area contributed by atoms with Gasteiger partial charge in [-0.1, -0.05) is 35.1 Å². The second-order valence-corrected chi connectivity index (χ2v) is 10.8. The molecule has 5 nitrogen and oxygen atoms in total. The highest BCUT2D eigenvalue weighted by atomic mass is 32.2. The number of aromatic nitrogens is 1. The predicted molar refractivity (Wildman–Crippen MR) is 140 cm³/mol. The van der Waals surface area contributed by atoms with Crippen LogP contribution in [0.1, 0.15) is 29.5 Å². The van der Waals surface area contributed by atoms with Crippen LogP contribution in [-0.2, 0) is 9.53 Å². The normalized spacial score (nSPS) is 14.6. The van der Waals surface area contributed by atoms with Crippen molar-refractivity contribution >= 4 is 44.4 Å². The number of aryl methyl sites for hydroxylation is 3. The fourth-order valence-corrected chi connectivity index (χ4v) is 6.01. The Morgan fingerprint density at radius 3 is 2.64 bits per heavy atom. The minimum absolute atomic E-state index is 0.157. The summed E-state index contributed by atoms with van der Waals surface area (Å²) in [6, 6.07) is 12.8.